The maximum absolute atomic E-state index is 5.72. The zero-order chi connectivity index (χ0) is 13.3. The van der Waals surface area contributed by atoms with Crippen LogP contribution in [-0.4, -0.2) is 13.6 Å². The van der Waals surface area contributed by atoms with Gasteiger partial charge in [0, 0.05) is 18.5 Å². The minimum Gasteiger partial charge on any atom is -0.457 e. The van der Waals surface area contributed by atoms with E-state index < -0.39 is 0 Å². The highest BCUT2D eigenvalue weighted by Gasteiger charge is 1.95. The van der Waals surface area contributed by atoms with Crippen molar-refractivity contribution in [2.24, 2.45) is 0 Å². The zero-order valence-corrected chi connectivity index (χ0v) is 11.0. The summed E-state index contributed by atoms with van der Waals surface area (Å²) in [7, 11) is 1.93. The fourth-order valence-electron chi connectivity index (χ4n) is 1.58. The number of para-hydroxylation sites is 1. The van der Waals surface area contributed by atoms with Gasteiger partial charge < -0.3 is 10.1 Å². The van der Waals surface area contributed by atoms with Gasteiger partial charge in [-0.1, -0.05) is 30.0 Å². The molecule has 0 aliphatic rings. The van der Waals surface area contributed by atoms with Crippen molar-refractivity contribution in [3.8, 4) is 23.3 Å². The van der Waals surface area contributed by atoms with Crippen LogP contribution < -0.4 is 10.1 Å². The van der Waals surface area contributed by atoms with Crippen LogP contribution in [0.4, 0.5) is 0 Å². The summed E-state index contributed by atoms with van der Waals surface area (Å²) in [5.74, 6) is 7.91. The van der Waals surface area contributed by atoms with Crippen LogP contribution in [0.25, 0.3) is 0 Å². The number of benzene rings is 2. The van der Waals surface area contributed by atoms with E-state index in [0.29, 0.717) is 0 Å². The van der Waals surface area contributed by atoms with Crippen molar-refractivity contribution in [1.82, 2.24) is 5.32 Å². The third-order valence-electron chi connectivity index (χ3n) is 2.57. The van der Waals surface area contributed by atoms with E-state index in [1.54, 1.807) is 0 Å². The molecule has 0 heterocycles. The molecular formula is C17H17NO. The van der Waals surface area contributed by atoms with Crippen LogP contribution in [0, 0.1) is 11.8 Å². The van der Waals surface area contributed by atoms with Crippen molar-refractivity contribution in [1.29, 1.82) is 0 Å². The summed E-state index contributed by atoms with van der Waals surface area (Å²) >= 11 is 0. The van der Waals surface area contributed by atoms with Crippen LogP contribution in [0.2, 0.25) is 0 Å². The van der Waals surface area contributed by atoms with Crippen molar-refractivity contribution in [3.63, 3.8) is 0 Å². The highest BCUT2D eigenvalue weighted by atomic mass is 16.5. The fraction of sp³-hybridized carbons (Fsp3) is 0.176. The molecule has 1 N–H and O–H groups in total. The molecule has 0 saturated carbocycles. The second-order valence-corrected chi connectivity index (χ2v) is 4.09. The Morgan fingerprint density at radius 1 is 0.947 bits per heavy atom. The molecule has 2 aromatic carbocycles. The Labute approximate surface area is 114 Å². The lowest BCUT2D eigenvalue weighted by Crippen LogP contribution is -2.05. The number of hydrogen-bond acceptors (Lipinski definition) is 2. The Hall–Kier alpha value is -2.24. The van der Waals surface area contributed by atoms with Gasteiger partial charge >= 0.3 is 0 Å². The number of rotatable bonds is 4. The lowest BCUT2D eigenvalue weighted by molar-refractivity contribution is 0.482. The molecule has 2 nitrogen and oxygen atoms in total. The Kier molecular flexibility index (Phi) is 5.04. The molecule has 0 aliphatic carbocycles. The summed E-state index contributed by atoms with van der Waals surface area (Å²) in [5.41, 5.74) is 1.01. The van der Waals surface area contributed by atoms with E-state index in [1.165, 1.54) is 0 Å². The van der Waals surface area contributed by atoms with Gasteiger partial charge in [-0.15, -0.1) is 0 Å². The van der Waals surface area contributed by atoms with Gasteiger partial charge in [-0.3, -0.25) is 0 Å². The van der Waals surface area contributed by atoms with Gasteiger partial charge in [0.2, 0.25) is 0 Å². The van der Waals surface area contributed by atoms with Crippen LogP contribution in [0.3, 0.4) is 0 Å². The largest absolute Gasteiger partial charge is 0.457 e. The number of nitrogens with one attached hydrogen (secondary N) is 1. The first kappa shape index (κ1) is 13.2. The third kappa shape index (κ3) is 4.50. The molecule has 0 spiro atoms. The van der Waals surface area contributed by atoms with Gasteiger partial charge in [0.15, 0.2) is 0 Å². The van der Waals surface area contributed by atoms with Gasteiger partial charge in [0.1, 0.15) is 11.5 Å². The van der Waals surface area contributed by atoms with E-state index in [4.69, 9.17) is 4.74 Å². The first-order chi connectivity index (χ1) is 9.38. The molecule has 0 aromatic heterocycles. The third-order valence-corrected chi connectivity index (χ3v) is 2.57. The average Bonchev–Trinajstić information content (AvgIpc) is 2.46. The molecule has 19 heavy (non-hydrogen) atoms. The van der Waals surface area contributed by atoms with Crippen LogP contribution >= 0.6 is 0 Å². The molecule has 0 amide bonds. The summed E-state index contributed by atoms with van der Waals surface area (Å²) in [4.78, 5) is 0. The van der Waals surface area contributed by atoms with E-state index in [1.807, 2.05) is 61.6 Å². The van der Waals surface area contributed by atoms with E-state index in [9.17, 15) is 0 Å². The minimum atomic E-state index is 0.826. The number of ether oxygens (including phenoxy) is 1. The molecule has 0 atom stereocenters. The molecule has 2 rings (SSSR count). The SMILES string of the molecule is CNCCC#Cc1ccc(Oc2ccccc2)cc1. The van der Waals surface area contributed by atoms with Gasteiger partial charge in [-0.2, -0.15) is 0 Å². The molecule has 2 aromatic rings. The Bertz CT molecular complexity index is 549. The van der Waals surface area contributed by atoms with Crippen molar-refractivity contribution in [2.45, 2.75) is 6.42 Å². The molecule has 0 saturated heterocycles. The maximum atomic E-state index is 5.72. The summed E-state index contributed by atoms with van der Waals surface area (Å²) in [6, 6.07) is 17.6. The molecule has 0 unspecified atom stereocenters. The van der Waals surface area contributed by atoms with Crippen LogP contribution in [0.15, 0.2) is 54.6 Å². The van der Waals surface area contributed by atoms with Crippen molar-refractivity contribution >= 4 is 0 Å². The van der Waals surface area contributed by atoms with Crippen LogP contribution in [0.1, 0.15) is 12.0 Å². The summed E-state index contributed by atoms with van der Waals surface area (Å²) < 4.78 is 5.72. The first-order valence-corrected chi connectivity index (χ1v) is 6.35. The molecule has 0 fully saturated rings. The van der Waals surface area contributed by atoms with E-state index in [0.717, 1.165) is 30.0 Å². The predicted molar refractivity (Wildman–Crippen MR) is 78.4 cm³/mol. The van der Waals surface area contributed by atoms with Crippen molar-refractivity contribution in [2.75, 3.05) is 13.6 Å². The van der Waals surface area contributed by atoms with Gasteiger partial charge in [-0.25, -0.2) is 0 Å². The maximum Gasteiger partial charge on any atom is 0.127 e. The van der Waals surface area contributed by atoms with Gasteiger partial charge in [-0.05, 0) is 43.4 Å². The quantitative estimate of drug-likeness (QED) is 0.664. The van der Waals surface area contributed by atoms with Crippen LogP contribution in [0.5, 0.6) is 11.5 Å². The van der Waals surface area contributed by atoms with Crippen LogP contribution in [-0.2, 0) is 0 Å². The second kappa shape index (κ2) is 7.25. The molecule has 0 radical (unpaired) electrons. The summed E-state index contributed by atoms with van der Waals surface area (Å²) in [6.07, 6.45) is 0.860. The molecule has 96 valence electrons. The topological polar surface area (TPSA) is 21.3 Å². The molecule has 0 bridgehead atoms. The lowest BCUT2D eigenvalue weighted by atomic mass is 10.2. The average molecular weight is 251 g/mol. The molecule has 0 aliphatic heterocycles. The number of hydrogen-bond donors (Lipinski definition) is 1. The lowest BCUT2D eigenvalue weighted by Gasteiger charge is -2.04. The first-order valence-electron chi connectivity index (χ1n) is 6.35. The fourth-order valence-corrected chi connectivity index (χ4v) is 1.58. The highest BCUT2D eigenvalue weighted by Crippen LogP contribution is 2.20. The Morgan fingerprint density at radius 2 is 1.63 bits per heavy atom. The zero-order valence-electron chi connectivity index (χ0n) is 11.0. The Balaban J connectivity index is 1.96. The highest BCUT2D eigenvalue weighted by molar-refractivity contribution is 5.39. The van der Waals surface area contributed by atoms with Gasteiger partial charge in [0.05, 0.1) is 0 Å². The van der Waals surface area contributed by atoms with Crippen molar-refractivity contribution < 1.29 is 4.74 Å². The normalized spacial score (nSPS) is 9.53. The smallest absolute Gasteiger partial charge is 0.127 e. The minimum absolute atomic E-state index is 0.826. The predicted octanol–water partition coefficient (Wildman–Crippen LogP) is 3.44. The van der Waals surface area contributed by atoms with E-state index in [-0.39, 0.29) is 0 Å². The van der Waals surface area contributed by atoms with Crippen molar-refractivity contribution in [3.05, 3.63) is 60.2 Å². The molecule has 2 heteroatoms. The monoisotopic (exact) mass is 251 g/mol. The second-order valence-electron chi connectivity index (χ2n) is 4.09. The summed E-state index contributed by atoms with van der Waals surface area (Å²) in [5, 5.41) is 3.07. The Morgan fingerprint density at radius 3 is 2.32 bits per heavy atom. The molecular weight excluding hydrogens is 234 g/mol. The summed E-state index contributed by atoms with van der Waals surface area (Å²) in [6.45, 7) is 0.919. The van der Waals surface area contributed by atoms with E-state index in [2.05, 4.69) is 17.2 Å². The standard InChI is InChI=1S/C17H17NO/c1-18-14-6-5-7-15-10-12-17(13-11-15)19-16-8-3-2-4-9-16/h2-4,8-13,18H,6,14H2,1H3. The van der Waals surface area contributed by atoms with E-state index >= 15 is 0 Å². The van der Waals surface area contributed by atoms with Gasteiger partial charge in [0.25, 0.3) is 0 Å².